The number of benzene rings is 2. The van der Waals surface area contributed by atoms with E-state index in [2.05, 4.69) is 26.2 Å². The molecular formula is C22H22BrClN4O3. The van der Waals surface area contributed by atoms with Crippen molar-refractivity contribution in [3.63, 3.8) is 0 Å². The van der Waals surface area contributed by atoms with E-state index in [9.17, 15) is 9.59 Å². The Morgan fingerprint density at radius 2 is 1.74 bits per heavy atom. The predicted octanol–water partition coefficient (Wildman–Crippen LogP) is 3.04. The van der Waals surface area contributed by atoms with E-state index in [0.29, 0.717) is 30.9 Å². The summed E-state index contributed by atoms with van der Waals surface area (Å²) in [5, 5.41) is 3.23. The second-order valence-electron chi connectivity index (χ2n) is 6.90. The van der Waals surface area contributed by atoms with Gasteiger partial charge in [-0.15, -0.1) is 12.4 Å². The van der Waals surface area contributed by atoms with E-state index < -0.39 is 0 Å². The molecule has 7 nitrogen and oxygen atoms in total. The third-order valence-electron chi connectivity index (χ3n) is 4.90. The quantitative estimate of drug-likeness (QED) is 0.577. The van der Waals surface area contributed by atoms with Crippen molar-refractivity contribution in [2.45, 2.75) is 6.61 Å². The third-order valence-corrected chi connectivity index (χ3v) is 5.58. The van der Waals surface area contributed by atoms with Crippen LogP contribution < -0.4 is 15.6 Å². The van der Waals surface area contributed by atoms with E-state index in [0.717, 1.165) is 18.7 Å². The summed E-state index contributed by atoms with van der Waals surface area (Å²) < 4.78 is 7.35. The van der Waals surface area contributed by atoms with Crippen LogP contribution in [-0.2, 0) is 6.61 Å². The molecule has 0 atom stereocenters. The minimum absolute atomic E-state index is 0. The highest BCUT2D eigenvalue weighted by Gasteiger charge is 2.18. The van der Waals surface area contributed by atoms with Crippen LogP contribution in [0.3, 0.4) is 0 Å². The zero-order chi connectivity index (χ0) is 20.9. The van der Waals surface area contributed by atoms with Gasteiger partial charge in [-0.2, -0.15) is 0 Å². The predicted molar refractivity (Wildman–Crippen MR) is 124 cm³/mol. The lowest BCUT2D eigenvalue weighted by Crippen LogP contribution is -2.46. The highest BCUT2D eigenvalue weighted by molar-refractivity contribution is 9.10. The SMILES string of the molecule is Cl.O=C(c1ccc(-n2cnc(OCc3ccccc3)c(Br)c2=O)cc1)N1CCNCC1. The van der Waals surface area contributed by atoms with Gasteiger partial charge < -0.3 is 15.0 Å². The highest BCUT2D eigenvalue weighted by Crippen LogP contribution is 2.20. The monoisotopic (exact) mass is 504 g/mol. The molecule has 1 N–H and O–H groups in total. The Morgan fingerprint density at radius 1 is 1.06 bits per heavy atom. The number of rotatable bonds is 5. The van der Waals surface area contributed by atoms with Gasteiger partial charge in [0.1, 0.15) is 17.4 Å². The van der Waals surface area contributed by atoms with Crippen molar-refractivity contribution in [1.82, 2.24) is 19.8 Å². The summed E-state index contributed by atoms with van der Waals surface area (Å²) in [6, 6.07) is 16.6. The van der Waals surface area contributed by atoms with Gasteiger partial charge in [0.05, 0.1) is 5.69 Å². The Bertz CT molecular complexity index is 1080. The van der Waals surface area contributed by atoms with Crippen LogP contribution in [0.4, 0.5) is 0 Å². The first-order valence-electron chi connectivity index (χ1n) is 9.68. The lowest BCUT2D eigenvalue weighted by Gasteiger charge is -2.27. The molecule has 0 radical (unpaired) electrons. The van der Waals surface area contributed by atoms with Crippen LogP contribution >= 0.6 is 28.3 Å². The number of hydrogen-bond acceptors (Lipinski definition) is 5. The van der Waals surface area contributed by atoms with Gasteiger partial charge in [0, 0.05) is 31.7 Å². The van der Waals surface area contributed by atoms with Crippen molar-refractivity contribution in [3.8, 4) is 11.6 Å². The number of carbonyl (C=O) groups is 1. The fourth-order valence-corrected chi connectivity index (χ4v) is 3.65. The lowest BCUT2D eigenvalue weighted by atomic mass is 10.1. The molecule has 162 valence electrons. The Balaban J connectivity index is 0.00000272. The Hall–Kier alpha value is -2.68. The number of hydrogen-bond donors (Lipinski definition) is 1. The number of amides is 1. The highest BCUT2D eigenvalue weighted by atomic mass is 79.9. The van der Waals surface area contributed by atoms with Crippen LogP contribution in [0, 0.1) is 0 Å². The zero-order valence-electron chi connectivity index (χ0n) is 16.7. The van der Waals surface area contributed by atoms with Gasteiger partial charge in [-0.25, -0.2) is 4.98 Å². The second kappa shape index (κ2) is 10.6. The molecule has 0 saturated carbocycles. The average molecular weight is 506 g/mol. The van der Waals surface area contributed by atoms with Crippen LogP contribution in [0.1, 0.15) is 15.9 Å². The molecule has 0 bridgehead atoms. The van der Waals surface area contributed by atoms with E-state index in [1.54, 1.807) is 24.3 Å². The number of piperazine rings is 1. The fraction of sp³-hybridized carbons (Fsp3) is 0.227. The molecule has 0 unspecified atom stereocenters. The van der Waals surface area contributed by atoms with Gasteiger partial charge >= 0.3 is 0 Å². The number of ether oxygens (including phenoxy) is 1. The zero-order valence-corrected chi connectivity index (χ0v) is 19.1. The molecule has 4 rings (SSSR count). The first kappa shape index (κ1) is 23.0. The topological polar surface area (TPSA) is 76.5 Å². The van der Waals surface area contributed by atoms with E-state index in [1.807, 2.05) is 35.2 Å². The van der Waals surface area contributed by atoms with Crippen LogP contribution in [0.25, 0.3) is 5.69 Å². The van der Waals surface area contributed by atoms with Crippen molar-refractivity contribution in [1.29, 1.82) is 0 Å². The molecule has 1 amide bonds. The van der Waals surface area contributed by atoms with Crippen LogP contribution in [-0.4, -0.2) is 46.5 Å². The van der Waals surface area contributed by atoms with Gasteiger partial charge in [0.15, 0.2) is 0 Å². The van der Waals surface area contributed by atoms with Gasteiger partial charge in [-0.3, -0.25) is 14.2 Å². The maximum atomic E-state index is 12.8. The number of halogens is 2. The normalized spacial score (nSPS) is 13.4. The summed E-state index contributed by atoms with van der Waals surface area (Å²) in [6.07, 6.45) is 1.43. The lowest BCUT2D eigenvalue weighted by molar-refractivity contribution is 0.0736. The largest absolute Gasteiger partial charge is 0.472 e. The smallest absolute Gasteiger partial charge is 0.276 e. The molecule has 2 heterocycles. The van der Waals surface area contributed by atoms with Crippen LogP contribution in [0.2, 0.25) is 0 Å². The molecule has 1 aliphatic rings. The van der Waals surface area contributed by atoms with Gasteiger partial charge in [0.2, 0.25) is 5.88 Å². The molecule has 1 aliphatic heterocycles. The van der Waals surface area contributed by atoms with Crippen LogP contribution in [0.5, 0.6) is 5.88 Å². The molecule has 0 aliphatic carbocycles. The van der Waals surface area contributed by atoms with Crippen molar-refractivity contribution in [3.05, 3.63) is 86.9 Å². The molecular weight excluding hydrogens is 484 g/mol. The number of carbonyl (C=O) groups excluding carboxylic acids is 1. The molecule has 3 aromatic rings. The Morgan fingerprint density at radius 3 is 2.42 bits per heavy atom. The second-order valence-corrected chi connectivity index (χ2v) is 7.70. The minimum atomic E-state index is -0.283. The summed E-state index contributed by atoms with van der Waals surface area (Å²) in [4.78, 5) is 31.5. The summed E-state index contributed by atoms with van der Waals surface area (Å²) in [5.41, 5.74) is 1.93. The summed E-state index contributed by atoms with van der Waals surface area (Å²) in [5.74, 6) is 0.241. The van der Waals surface area contributed by atoms with E-state index in [-0.39, 0.29) is 34.2 Å². The molecule has 2 aromatic carbocycles. The van der Waals surface area contributed by atoms with Gasteiger partial charge in [-0.1, -0.05) is 30.3 Å². The molecule has 1 aromatic heterocycles. The van der Waals surface area contributed by atoms with Crippen molar-refractivity contribution in [2.24, 2.45) is 0 Å². The third kappa shape index (κ3) is 5.33. The number of nitrogens with zero attached hydrogens (tertiary/aromatic N) is 3. The van der Waals surface area contributed by atoms with Crippen LogP contribution in [0.15, 0.2) is 70.2 Å². The van der Waals surface area contributed by atoms with Gasteiger partial charge in [-0.05, 0) is 45.8 Å². The molecule has 1 saturated heterocycles. The first-order chi connectivity index (χ1) is 14.6. The maximum absolute atomic E-state index is 12.8. The molecule has 9 heteroatoms. The van der Waals surface area contributed by atoms with E-state index >= 15 is 0 Å². The van der Waals surface area contributed by atoms with Crippen molar-refractivity contribution < 1.29 is 9.53 Å². The fourth-order valence-electron chi connectivity index (χ4n) is 3.24. The average Bonchev–Trinajstić information content (AvgIpc) is 2.81. The van der Waals surface area contributed by atoms with E-state index in [4.69, 9.17) is 4.74 Å². The first-order valence-corrected chi connectivity index (χ1v) is 10.5. The maximum Gasteiger partial charge on any atom is 0.276 e. The Labute approximate surface area is 194 Å². The molecule has 31 heavy (non-hydrogen) atoms. The number of aromatic nitrogens is 2. The van der Waals surface area contributed by atoms with E-state index in [1.165, 1.54) is 10.9 Å². The molecule has 1 fully saturated rings. The summed E-state index contributed by atoms with van der Waals surface area (Å²) >= 11 is 3.30. The molecule has 0 spiro atoms. The number of nitrogens with one attached hydrogen (secondary N) is 1. The van der Waals surface area contributed by atoms with Crippen molar-refractivity contribution in [2.75, 3.05) is 26.2 Å². The standard InChI is InChI=1S/C22H21BrN4O3.ClH/c23-19-20(30-14-16-4-2-1-3-5-16)25-15-27(22(19)29)18-8-6-17(7-9-18)21(28)26-12-10-24-11-13-26;/h1-9,15,24H,10-14H2;1H. The van der Waals surface area contributed by atoms with Crippen molar-refractivity contribution >= 4 is 34.2 Å². The Kier molecular flexibility index (Phi) is 7.84. The summed E-state index contributed by atoms with van der Waals surface area (Å²) in [7, 11) is 0. The summed E-state index contributed by atoms with van der Waals surface area (Å²) in [6.45, 7) is 3.32. The van der Waals surface area contributed by atoms with Gasteiger partial charge in [0.25, 0.3) is 11.5 Å². The minimum Gasteiger partial charge on any atom is -0.472 e.